The van der Waals surface area contributed by atoms with Crippen LogP contribution in [0.2, 0.25) is 0 Å². The van der Waals surface area contributed by atoms with E-state index in [1.165, 1.54) is 25.6 Å². The molecule has 1 heterocycles. The quantitative estimate of drug-likeness (QED) is 0.630. The van der Waals surface area contributed by atoms with Crippen LogP contribution in [0.15, 0.2) is 48.8 Å². The Kier molecular flexibility index (Phi) is 6.20. The Balaban J connectivity index is 1.71. The van der Waals surface area contributed by atoms with Gasteiger partial charge in [0.05, 0.1) is 25.6 Å². The molecule has 3 atom stereocenters. The lowest BCUT2D eigenvalue weighted by Crippen LogP contribution is -2.42. The second-order valence-electron chi connectivity index (χ2n) is 7.69. The number of nitrogens with zero attached hydrogens (tertiary/aromatic N) is 5. The number of hydrogen-bond acceptors (Lipinski definition) is 7. The van der Waals surface area contributed by atoms with Gasteiger partial charge in [-0.1, -0.05) is 12.1 Å². The smallest absolute Gasteiger partial charge is 0.407 e. The highest BCUT2D eigenvalue weighted by molar-refractivity contribution is 5.68. The number of carbonyl (C=O) groups excluding carboxylic acids is 1. The monoisotopic (exact) mass is 440 g/mol. The number of carbonyl (C=O) groups is 1. The number of methoxy groups -OCH3 is 2. The molecule has 0 saturated heterocycles. The molecule has 0 unspecified atom stereocenters. The fourth-order valence-corrected chi connectivity index (χ4v) is 4.48. The Labute approximate surface area is 185 Å². The van der Waals surface area contributed by atoms with E-state index in [9.17, 15) is 9.18 Å². The number of tetrazole rings is 1. The second kappa shape index (κ2) is 9.21. The zero-order chi connectivity index (χ0) is 22.7. The maximum absolute atomic E-state index is 13.6. The summed E-state index contributed by atoms with van der Waals surface area (Å²) in [7, 11) is 4.95. The lowest BCUT2D eigenvalue weighted by molar-refractivity contribution is 0.165. The molecule has 168 valence electrons. The second-order valence-corrected chi connectivity index (χ2v) is 7.69. The van der Waals surface area contributed by atoms with Crippen molar-refractivity contribution < 1.29 is 18.7 Å². The highest BCUT2D eigenvalue weighted by atomic mass is 19.1. The van der Waals surface area contributed by atoms with Crippen LogP contribution in [0.1, 0.15) is 24.3 Å². The van der Waals surface area contributed by atoms with E-state index < -0.39 is 6.09 Å². The molecule has 1 fully saturated rings. The van der Waals surface area contributed by atoms with Crippen LogP contribution in [-0.2, 0) is 4.74 Å². The SMILES string of the molecule is COC(=O)N[C@H]1CC[C@H](N(C)c2cc(-n3cnnn3)ccc2OC)[C@H]1c1ccc(F)cc1. The van der Waals surface area contributed by atoms with Crippen LogP contribution in [0.3, 0.4) is 0 Å². The molecular weight excluding hydrogens is 415 g/mol. The molecule has 2 aromatic carbocycles. The average molecular weight is 440 g/mol. The molecule has 4 rings (SSSR count). The normalized spacial score (nSPS) is 20.1. The molecule has 0 radical (unpaired) electrons. The Morgan fingerprint density at radius 1 is 1.19 bits per heavy atom. The molecule has 1 aliphatic carbocycles. The predicted molar refractivity (Wildman–Crippen MR) is 116 cm³/mol. The van der Waals surface area contributed by atoms with Crippen LogP contribution >= 0.6 is 0 Å². The van der Waals surface area contributed by atoms with Crippen LogP contribution in [0.25, 0.3) is 5.69 Å². The fourth-order valence-electron chi connectivity index (χ4n) is 4.48. The first-order chi connectivity index (χ1) is 15.5. The first-order valence-electron chi connectivity index (χ1n) is 10.3. The minimum Gasteiger partial charge on any atom is -0.495 e. The highest BCUT2D eigenvalue weighted by Gasteiger charge is 2.41. The molecule has 0 aliphatic heterocycles. The number of anilines is 1. The van der Waals surface area contributed by atoms with Crippen LogP contribution in [-0.4, -0.2) is 59.7 Å². The Morgan fingerprint density at radius 2 is 1.97 bits per heavy atom. The Morgan fingerprint density at radius 3 is 2.62 bits per heavy atom. The summed E-state index contributed by atoms with van der Waals surface area (Å²) in [5.74, 6) is 0.317. The third kappa shape index (κ3) is 4.20. The maximum Gasteiger partial charge on any atom is 0.407 e. The van der Waals surface area contributed by atoms with Crippen molar-refractivity contribution in [2.24, 2.45) is 0 Å². The van der Waals surface area contributed by atoms with E-state index in [4.69, 9.17) is 9.47 Å². The van der Waals surface area contributed by atoms with Gasteiger partial charge in [0.15, 0.2) is 0 Å². The number of hydrogen-bond donors (Lipinski definition) is 1. The minimum atomic E-state index is -0.483. The third-order valence-electron chi connectivity index (χ3n) is 6.02. The van der Waals surface area contributed by atoms with E-state index >= 15 is 0 Å². The van der Waals surface area contributed by atoms with E-state index in [1.807, 2.05) is 25.2 Å². The standard InChI is InChI=1S/C22H25FN6O3/c1-28(19-12-16(8-11-20(19)31-2)29-13-24-26-27-29)18-10-9-17(25-22(30)32-3)21(18)14-4-6-15(23)7-5-14/h4-8,11-13,17-18,21H,9-10H2,1-3H3,(H,25,30)/t17-,18-,21-/m0/s1. The first-order valence-corrected chi connectivity index (χ1v) is 10.3. The molecular formula is C22H25FN6O3. The van der Waals surface area contributed by atoms with Gasteiger partial charge in [-0.25, -0.2) is 13.9 Å². The van der Waals surface area contributed by atoms with Gasteiger partial charge < -0.3 is 19.7 Å². The summed E-state index contributed by atoms with van der Waals surface area (Å²) in [5.41, 5.74) is 2.59. The van der Waals surface area contributed by atoms with Gasteiger partial charge >= 0.3 is 6.09 Å². The Bertz CT molecular complexity index is 1060. The largest absolute Gasteiger partial charge is 0.495 e. The summed E-state index contributed by atoms with van der Waals surface area (Å²) in [6, 6.07) is 12.0. The van der Waals surface area contributed by atoms with Crippen molar-refractivity contribution in [2.75, 3.05) is 26.2 Å². The lowest BCUT2D eigenvalue weighted by atomic mass is 9.90. The van der Waals surface area contributed by atoms with Gasteiger partial charge in [-0.2, -0.15) is 0 Å². The first kappa shape index (κ1) is 21.5. The number of likely N-dealkylation sites (N-methyl/N-ethyl adjacent to an activating group) is 1. The molecule has 0 bridgehead atoms. The molecule has 1 amide bonds. The molecule has 0 spiro atoms. The molecule has 10 heteroatoms. The van der Waals surface area contributed by atoms with Gasteiger partial charge in [-0.05, 0) is 59.2 Å². The topological polar surface area (TPSA) is 94.4 Å². The minimum absolute atomic E-state index is 0.0145. The van der Waals surface area contributed by atoms with Crippen molar-refractivity contribution in [2.45, 2.75) is 30.8 Å². The van der Waals surface area contributed by atoms with Gasteiger partial charge in [-0.15, -0.1) is 5.10 Å². The summed E-state index contributed by atoms with van der Waals surface area (Å²) in [5, 5.41) is 14.3. The molecule has 1 aromatic heterocycles. The third-order valence-corrected chi connectivity index (χ3v) is 6.02. The van der Waals surface area contributed by atoms with Crippen molar-refractivity contribution in [3.63, 3.8) is 0 Å². The van der Waals surface area contributed by atoms with E-state index in [0.717, 1.165) is 29.8 Å². The predicted octanol–water partition coefficient (Wildman–Crippen LogP) is 2.92. The summed E-state index contributed by atoms with van der Waals surface area (Å²) < 4.78 is 25.6. The highest BCUT2D eigenvalue weighted by Crippen LogP contribution is 2.42. The number of nitrogens with one attached hydrogen (secondary N) is 1. The van der Waals surface area contributed by atoms with E-state index in [1.54, 1.807) is 23.9 Å². The molecule has 9 nitrogen and oxygen atoms in total. The molecule has 1 aliphatic rings. The van der Waals surface area contributed by atoms with Crippen molar-refractivity contribution in [1.29, 1.82) is 0 Å². The summed E-state index contributed by atoms with van der Waals surface area (Å²) in [6.45, 7) is 0. The van der Waals surface area contributed by atoms with Crippen molar-refractivity contribution in [3.05, 3.63) is 60.2 Å². The number of aromatic nitrogens is 4. The molecule has 1 N–H and O–H groups in total. The van der Waals surface area contributed by atoms with Crippen LogP contribution in [0, 0.1) is 5.82 Å². The summed E-state index contributed by atoms with van der Waals surface area (Å²) in [6.07, 6.45) is 2.61. The van der Waals surface area contributed by atoms with Gasteiger partial charge in [0.2, 0.25) is 0 Å². The van der Waals surface area contributed by atoms with E-state index in [2.05, 4.69) is 25.7 Å². The summed E-state index contributed by atoms with van der Waals surface area (Å²) >= 11 is 0. The number of halogens is 1. The van der Waals surface area contributed by atoms with Crippen molar-refractivity contribution in [1.82, 2.24) is 25.5 Å². The van der Waals surface area contributed by atoms with Gasteiger partial charge in [0.25, 0.3) is 0 Å². The molecule has 32 heavy (non-hydrogen) atoms. The average Bonchev–Trinajstić information content (AvgIpc) is 3.49. The molecule has 3 aromatic rings. The van der Waals surface area contributed by atoms with Crippen LogP contribution in [0.4, 0.5) is 14.9 Å². The van der Waals surface area contributed by atoms with E-state index in [0.29, 0.717) is 5.75 Å². The number of benzene rings is 2. The van der Waals surface area contributed by atoms with Crippen LogP contribution < -0.4 is 15.0 Å². The number of ether oxygens (including phenoxy) is 2. The number of alkyl carbamates (subject to hydrolysis) is 1. The van der Waals surface area contributed by atoms with Gasteiger partial charge in [-0.3, -0.25) is 0 Å². The lowest BCUT2D eigenvalue weighted by Gasteiger charge is -2.34. The van der Waals surface area contributed by atoms with Gasteiger partial charge in [0, 0.05) is 25.0 Å². The van der Waals surface area contributed by atoms with Crippen molar-refractivity contribution in [3.8, 4) is 11.4 Å². The van der Waals surface area contributed by atoms with Crippen molar-refractivity contribution >= 4 is 11.8 Å². The summed E-state index contributed by atoms with van der Waals surface area (Å²) in [4.78, 5) is 14.1. The number of amides is 1. The maximum atomic E-state index is 13.6. The zero-order valence-electron chi connectivity index (χ0n) is 18.1. The van der Waals surface area contributed by atoms with Crippen LogP contribution in [0.5, 0.6) is 5.75 Å². The van der Waals surface area contributed by atoms with E-state index in [-0.39, 0.29) is 23.8 Å². The number of rotatable bonds is 6. The Hall–Kier alpha value is -3.69. The fraction of sp³-hybridized carbons (Fsp3) is 0.364. The zero-order valence-corrected chi connectivity index (χ0v) is 18.1. The molecule has 1 saturated carbocycles. The van der Waals surface area contributed by atoms with Gasteiger partial charge in [0.1, 0.15) is 17.9 Å².